The molecular formula is C9H12N2O3S2. The number of sulfonamides is 1. The van der Waals surface area contributed by atoms with Crippen molar-refractivity contribution in [3.63, 3.8) is 0 Å². The second kappa shape index (κ2) is 4.51. The maximum absolute atomic E-state index is 11.8. The van der Waals surface area contributed by atoms with Crippen LogP contribution in [0.3, 0.4) is 0 Å². The average Bonchev–Trinajstić information content (AvgIpc) is 2.65. The fraction of sp³-hybridized carbons (Fsp3) is 0.444. The first-order valence-electron chi connectivity index (χ1n) is 4.45. The third kappa shape index (κ3) is 3.02. The summed E-state index contributed by atoms with van der Waals surface area (Å²) in [6, 6.07) is 4.70. The van der Waals surface area contributed by atoms with Gasteiger partial charge >= 0.3 is 0 Å². The van der Waals surface area contributed by atoms with E-state index in [1.807, 2.05) is 6.07 Å². The van der Waals surface area contributed by atoms with Gasteiger partial charge in [-0.15, -0.1) is 11.3 Å². The van der Waals surface area contributed by atoms with Gasteiger partial charge in [-0.1, -0.05) is 0 Å². The van der Waals surface area contributed by atoms with Crippen LogP contribution >= 0.6 is 11.3 Å². The predicted molar refractivity (Wildman–Crippen MR) is 60.5 cm³/mol. The summed E-state index contributed by atoms with van der Waals surface area (Å²) in [7, 11) is -3.66. The van der Waals surface area contributed by atoms with Crippen LogP contribution in [0.25, 0.3) is 0 Å². The standard InChI is InChI=1S/C9H12N2O3S2/c1-9(2,6-12)11-16(13,14)8-4-3-7(5-10)15-8/h3-4,11-12H,6H2,1-2H3. The summed E-state index contributed by atoms with van der Waals surface area (Å²) in [4.78, 5) is 0.335. The molecule has 2 N–H and O–H groups in total. The zero-order chi connectivity index (χ0) is 12.4. The first-order valence-corrected chi connectivity index (χ1v) is 6.75. The summed E-state index contributed by atoms with van der Waals surface area (Å²) in [5.74, 6) is 0. The van der Waals surface area contributed by atoms with Crippen LogP contribution < -0.4 is 4.72 Å². The van der Waals surface area contributed by atoms with Crippen molar-refractivity contribution < 1.29 is 13.5 Å². The Hall–Kier alpha value is -0.940. The minimum atomic E-state index is -3.66. The van der Waals surface area contributed by atoms with E-state index in [-0.39, 0.29) is 10.8 Å². The van der Waals surface area contributed by atoms with E-state index in [1.165, 1.54) is 12.1 Å². The highest BCUT2D eigenvalue weighted by atomic mass is 32.2. The summed E-state index contributed by atoms with van der Waals surface area (Å²) >= 11 is 0.898. The quantitative estimate of drug-likeness (QED) is 0.832. The molecule has 7 heteroatoms. The van der Waals surface area contributed by atoms with Crippen LogP contribution in [0.4, 0.5) is 0 Å². The first kappa shape index (κ1) is 13.1. The molecule has 0 aliphatic rings. The number of thiophene rings is 1. The molecule has 0 aliphatic heterocycles. The number of rotatable bonds is 4. The molecule has 0 aromatic carbocycles. The van der Waals surface area contributed by atoms with Gasteiger partial charge in [0.15, 0.2) is 0 Å². The van der Waals surface area contributed by atoms with E-state index in [9.17, 15) is 8.42 Å². The molecule has 0 unspecified atom stereocenters. The number of aliphatic hydroxyl groups excluding tert-OH is 1. The van der Waals surface area contributed by atoms with Gasteiger partial charge < -0.3 is 5.11 Å². The van der Waals surface area contributed by atoms with Crippen molar-refractivity contribution in [2.24, 2.45) is 0 Å². The molecule has 0 radical (unpaired) electrons. The van der Waals surface area contributed by atoms with E-state index in [0.29, 0.717) is 4.88 Å². The summed E-state index contributed by atoms with van der Waals surface area (Å²) < 4.78 is 26.1. The van der Waals surface area contributed by atoms with Crippen molar-refractivity contribution in [1.82, 2.24) is 4.72 Å². The minimum Gasteiger partial charge on any atom is -0.394 e. The van der Waals surface area contributed by atoms with Crippen LogP contribution in [-0.2, 0) is 10.0 Å². The van der Waals surface area contributed by atoms with Gasteiger partial charge in [-0.25, -0.2) is 13.1 Å². The maximum Gasteiger partial charge on any atom is 0.250 e. The molecule has 1 aromatic rings. The van der Waals surface area contributed by atoms with Crippen LogP contribution in [0.2, 0.25) is 0 Å². The molecule has 0 amide bonds. The summed E-state index contributed by atoms with van der Waals surface area (Å²) in [6.45, 7) is 2.84. The Morgan fingerprint density at radius 1 is 1.56 bits per heavy atom. The normalized spacial score (nSPS) is 12.4. The highest BCUT2D eigenvalue weighted by molar-refractivity contribution is 7.91. The Kier molecular flexibility index (Phi) is 3.70. The molecule has 0 spiro atoms. The lowest BCUT2D eigenvalue weighted by atomic mass is 10.1. The summed E-state index contributed by atoms with van der Waals surface area (Å²) in [5.41, 5.74) is -0.921. The Labute approximate surface area is 98.4 Å². The molecule has 0 fully saturated rings. The third-order valence-electron chi connectivity index (χ3n) is 1.76. The fourth-order valence-corrected chi connectivity index (χ4v) is 3.48. The van der Waals surface area contributed by atoms with E-state index in [4.69, 9.17) is 10.4 Å². The van der Waals surface area contributed by atoms with E-state index in [1.54, 1.807) is 13.8 Å². The Morgan fingerprint density at radius 2 is 2.19 bits per heavy atom. The SMILES string of the molecule is CC(C)(CO)NS(=O)(=O)c1ccc(C#N)s1. The number of aliphatic hydroxyl groups is 1. The average molecular weight is 260 g/mol. The summed E-state index contributed by atoms with van der Waals surface area (Å²) in [6.07, 6.45) is 0. The van der Waals surface area contributed by atoms with Gasteiger partial charge in [-0.05, 0) is 26.0 Å². The smallest absolute Gasteiger partial charge is 0.250 e. The molecule has 5 nitrogen and oxygen atoms in total. The molecule has 0 bridgehead atoms. The van der Waals surface area contributed by atoms with Gasteiger partial charge in [-0.2, -0.15) is 5.26 Å². The van der Waals surface area contributed by atoms with Gasteiger partial charge in [0, 0.05) is 0 Å². The lowest BCUT2D eigenvalue weighted by Gasteiger charge is -2.22. The Balaban J connectivity index is 3.00. The maximum atomic E-state index is 11.8. The summed E-state index contributed by atoms with van der Waals surface area (Å²) in [5, 5.41) is 17.6. The molecule has 16 heavy (non-hydrogen) atoms. The highest BCUT2D eigenvalue weighted by Gasteiger charge is 2.26. The second-order valence-corrected chi connectivity index (χ2v) is 6.87. The van der Waals surface area contributed by atoms with Crippen molar-refractivity contribution in [3.8, 4) is 6.07 Å². The molecule has 1 heterocycles. The van der Waals surface area contributed by atoms with Crippen LogP contribution in [0.5, 0.6) is 0 Å². The van der Waals surface area contributed by atoms with E-state index >= 15 is 0 Å². The Morgan fingerprint density at radius 3 is 2.62 bits per heavy atom. The van der Waals surface area contributed by atoms with Crippen molar-refractivity contribution in [2.75, 3.05) is 6.61 Å². The zero-order valence-electron chi connectivity index (χ0n) is 8.89. The number of nitriles is 1. The molecule has 1 aromatic heterocycles. The topological polar surface area (TPSA) is 90.2 Å². The van der Waals surface area contributed by atoms with Crippen molar-refractivity contribution in [2.45, 2.75) is 23.6 Å². The zero-order valence-corrected chi connectivity index (χ0v) is 10.5. The van der Waals surface area contributed by atoms with Gasteiger partial charge in [0.2, 0.25) is 0 Å². The number of nitrogens with one attached hydrogen (secondary N) is 1. The van der Waals surface area contributed by atoms with Gasteiger partial charge in [-0.3, -0.25) is 0 Å². The van der Waals surface area contributed by atoms with Crippen LogP contribution in [0, 0.1) is 11.3 Å². The van der Waals surface area contributed by atoms with Gasteiger partial charge in [0.05, 0.1) is 12.1 Å². The molecule has 0 saturated heterocycles. The van der Waals surface area contributed by atoms with Crippen LogP contribution in [0.15, 0.2) is 16.3 Å². The Bertz CT molecular complexity index is 511. The van der Waals surface area contributed by atoms with Crippen molar-refractivity contribution in [1.29, 1.82) is 5.26 Å². The number of nitrogens with zero attached hydrogens (tertiary/aromatic N) is 1. The van der Waals surface area contributed by atoms with E-state index in [0.717, 1.165) is 11.3 Å². The van der Waals surface area contributed by atoms with Crippen LogP contribution in [0.1, 0.15) is 18.7 Å². The lowest BCUT2D eigenvalue weighted by molar-refractivity contribution is 0.208. The van der Waals surface area contributed by atoms with E-state index < -0.39 is 15.6 Å². The highest BCUT2D eigenvalue weighted by Crippen LogP contribution is 2.21. The second-order valence-electron chi connectivity index (χ2n) is 3.88. The largest absolute Gasteiger partial charge is 0.394 e. The molecular weight excluding hydrogens is 248 g/mol. The number of hydrogen-bond acceptors (Lipinski definition) is 5. The predicted octanol–water partition coefficient (Wildman–Crippen LogP) is 0.669. The molecule has 0 saturated carbocycles. The van der Waals surface area contributed by atoms with Gasteiger partial charge in [0.1, 0.15) is 15.2 Å². The minimum absolute atomic E-state index is 0.0746. The molecule has 1 rings (SSSR count). The number of hydrogen-bond donors (Lipinski definition) is 2. The fourth-order valence-electron chi connectivity index (χ4n) is 0.971. The van der Waals surface area contributed by atoms with Gasteiger partial charge in [0.25, 0.3) is 10.0 Å². The molecule has 0 atom stereocenters. The molecule has 88 valence electrons. The van der Waals surface area contributed by atoms with E-state index in [2.05, 4.69) is 4.72 Å². The molecule has 0 aliphatic carbocycles. The first-order chi connectivity index (χ1) is 7.30. The van der Waals surface area contributed by atoms with Crippen LogP contribution in [-0.4, -0.2) is 25.7 Å². The lowest BCUT2D eigenvalue weighted by Crippen LogP contribution is -2.45. The van der Waals surface area contributed by atoms with Crippen molar-refractivity contribution >= 4 is 21.4 Å². The van der Waals surface area contributed by atoms with Crippen molar-refractivity contribution in [3.05, 3.63) is 17.0 Å². The third-order valence-corrected chi connectivity index (χ3v) is 4.94. The monoisotopic (exact) mass is 260 g/mol.